The largest absolute Gasteiger partial charge is 0.490 e. The minimum absolute atomic E-state index is 0.0185. The number of carboxylic acids is 1. The number of ether oxygens (including phenoxy) is 1. The summed E-state index contributed by atoms with van der Waals surface area (Å²) in [5.41, 5.74) is 0.951. The predicted molar refractivity (Wildman–Crippen MR) is 40.4 cm³/mol. The van der Waals surface area contributed by atoms with E-state index in [-0.39, 0.29) is 5.69 Å². The van der Waals surface area contributed by atoms with Gasteiger partial charge in [-0.05, 0) is 6.07 Å². The van der Waals surface area contributed by atoms with Crippen LogP contribution in [0.25, 0.3) is 0 Å². The van der Waals surface area contributed by atoms with E-state index in [4.69, 9.17) is 9.84 Å². The summed E-state index contributed by atoms with van der Waals surface area (Å²) in [6.07, 6.45) is 2.27. The molecule has 1 aromatic rings. The fourth-order valence-corrected chi connectivity index (χ4v) is 1.26. The fourth-order valence-electron chi connectivity index (χ4n) is 1.26. The summed E-state index contributed by atoms with van der Waals surface area (Å²) in [4.78, 5) is 14.3. The Morgan fingerprint density at radius 2 is 2.50 bits per heavy atom. The van der Waals surface area contributed by atoms with Gasteiger partial charge in [0.15, 0.2) is 11.4 Å². The number of hydrogen-bond donors (Lipinski definition) is 1. The molecule has 2 heterocycles. The van der Waals surface area contributed by atoms with Crippen molar-refractivity contribution in [3.8, 4) is 5.75 Å². The number of hydrogen-bond acceptors (Lipinski definition) is 3. The van der Waals surface area contributed by atoms with Gasteiger partial charge in [0.1, 0.15) is 0 Å². The number of aromatic carboxylic acids is 1. The van der Waals surface area contributed by atoms with Crippen LogP contribution in [-0.4, -0.2) is 22.7 Å². The Hall–Kier alpha value is -1.58. The number of carboxylic acid groups (broad SMARTS) is 1. The van der Waals surface area contributed by atoms with E-state index in [2.05, 4.69) is 4.98 Å². The van der Waals surface area contributed by atoms with Gasteiger partial charge in [-0.15, -0.1) is 0 Å². The Labute approximate surface area is 68.8 Å². The third kappa shape index (κ3) is 0.922. The molecule has 4 nitrogen and oxygen atoms in total. The first-order valence-electron chi connectivity index (χ1n) is 3.63. The van der Waals surface area contributed by atoms with E-state index < -0.39 is 5.97 Å². The van der Waals surface area contributed by atoms with Gasteiger partial charge in [0.05, 0.1) is 6.61 Å². The van der Waals surface area contributed by atoms with Crippen molar-refractivity contribution in [1.82, 2.24) is 4.98 Å². The van der Waals surface area contributed by atoms with Crippen LogP contribution in [0.1, 0.15) is 16.1 Å². The second-order valence-electron chi connectivity index (χ2n) is 2.55. The van der Waals surface area contributed by atoms with Crippen LogP contribution >= 0.6 is 0 Å². The lowest BCUT2D eigenvalue weighted by atomic mass is 10.2. The fraction of sp³-hybridized carbons (Fsp3) is 0.250. The first-order chi connectivity index (χ1) is 5.79. The highest BCUT2D eigenvalue weighted by Crippen LogP contribution is 2.27. The third-order valence-electron chi connectivity index (χ3n) is 1.81. The van der Waals surface area contributed by atoms with Gasteiger partial charge in [0.2, 0.25) is 0 Å². The van der Waals surface area contributed by atoms with E-state index in [1.165, 1.54) is 6.20 Å². The van der Waals surface area contributed by atoms with Gasteiger partial charge in [-0.3, -0.25) is 0 Å². The van der Waals surface area contributed by atoms with Gasteiger partial charge in [-0.2, -0.15) is 0 Å². The zero-order valence-corrected chi connectivity index (χ0v) is 6.28. The Balaban J connectivity index is 2.56. The highest BCUT2D eigenvalue weighted by molar-refractivity contribution is 5.89. The summed E-state index contributed by atoms with van der Waals surface area (Å²) in [5.74, 6) is -0.598. The first-order valence-corrected chi connectivity index (χ1v) is 3.63. The van der Waals surface area contributed by atoms with Crippen LogP contribution in [0.3, 0.4) is 0 Å². The van der Waals surface area contributed by atoms with Gasteiger partial charge in [-0.1, -0.05) is 0 Å². The SMILES string of the molecule is O=C(O)c1nccc2c1OCC2. The van der Waals surface area contributed by atoms with Crippen LogP contribution in [0.2, 0.25) is 0 Å². The van der Waals surface area contributed by atoms with E-state index in [9.17, 15) is 4.79 Å². The van der Waals surface area contributed by atoms with Crippen molar-refractivity contribution in [2.75, 3.05) is 6.61 Å². The normalized spacial score (nSPS) is 13.7. The molecule has 0 aliphatic carbocycles. The average molecular weight is 165 g/mol. The van der Waals surface area contributed by atoms with Gasteiger partial charge in [-0.25, -0.2) is 9.78 Å². The number of pyridine rings is 1. The lowest BCUT2D eigenvalue weighted by Crippen LogP contribution is -2.02. The van der Waals surface area contributed by atoms with Crippen LogP contribution in [0.15, 0.2) is 12.3 Å². The molecule has 62 valence electrons. The molecular weight excluding hydrogens is 158 g/mol. The molecule has 0 bridgehead atoms. The van der Waals surface area contributed by atoms with Crippen molar-refractivity contribution < 1.29 is 14.6 Å². The molecule has 1 N–H and O–H groups in total. The second kappa shape index (κ2) is 2.48. The predicted octanol–water partition coefficient (Wildman–Crippen LogP) is 0.715. The summed E-state index contributed by atoms with van der Waals surface area (Å²) < 4.78 is 5.15. The van der Waals surface area contributed by atoms with Crippen molar-refractivity contribution in [1.29, 1.82) is 0 Å². The number of aromatic nitrogens is 1. The van der Waals surface area contributed by atoms with Crippen LogP contribution in [-0.2, 0) is 6.42 Å². The maximum absolute atomic E-state index is 10.6. The van der Waals surface area contributed by atoms with Crippen molar-refractivity contribution in [3.05, 3.63) is 23.5 Å². The summed E-state index contributed by atoms with van der Waals surface area (Å²) >= 11 is 0. The molecule has 0 fully saturated rings. The Morgan fingerprint density at radius 3 is 3.25 bits per heavy atom. The summed E-state index contributed by atoms with van der Waals surface area (Å²) in [6.45, 7) is 0.557. The second-order valence-corrected chi connectivity index (χ2v) is 2.55. The third-order valence-corrected chi connectivity index (χ3v) is 1.81. The zero-order chi connectivity index (χ0) is 8.55. The van der Waals surface area contributed by atoms with Gasteiger partial charge < -0.3 is 9.84 Å². The van der Waals surface area contributed by atoms with Crippen LogP contribution in [0, 0.1) is 0 Å². The Morgan fingerprint density at radius 1 is 1.67 bits per heavy atom. The van der Waals surface area contributed by atoms with Gasteiger partial charge in [0, 0.05) is 18.2 Å². The van der Waals surface area contributed by atoms with E-state index in [1.54, 1.807) is 6.07 Å². The number of carbonyl (C=O) groups is 1. The monoisotopic (exact) mass is 165 g/mol. The molecule has 0 saturated heterocycles. The van der Waals surface area contributed by atoms with E-state index in [0.29, 0.717) is 12.4 Å². The zero-order valence-electron chi connectivity index (χ0n) is 6.28. The maximum Gasteiger partial charge on any atom is 0.358 e. The van der Waals surface area contributed by atoms with E-state index >= 15 is 0 Å². The molecule has 0 amide bonds. The maximum atomic E-state index is 10.6. The quantitative estimate of drug-likeness (QED) is 0.665. The number of fused-ring (bicyclic) bond motifs is 1. The molecule has 0 spiro atoms. The topological polar surface area (TPSA) is 59.4 Å². The molecular formula is C8H7NO3. The van der Waals surface area contributed by atoms with Crippen LogP contribution in [0.4, 0.5) is 0 Å². The highest BCUT2D eigenvalue weighted by Gasteiger charge is 2.20. The molecule has 0 saturated carbocycles. The average Bonchev–Trinajstić information content (AvgIpc) is 2.49. The molecule has 0 radical (unpaired) electrons. The minimum Gasteiger partial charge on any atom is -0.490 e. The molecule has 12 heavy (non-hydrogen) atoms. The molecule has 2 rings (SSSR count). The molecule has 0 aromatic carbocycles. The molecule has 0 unspecified atom stereocenters. The molecule has 4 heteroatoms. The van der Waals surface area contributed by atoms with Gasteiger partial charge in [0.25, 0.3) is 0 Å². The Bertz CT molecular complexity index is 335. The van der Waals surface area contributed by atoms with Crippen molar-refractivity contribution in [3.63, 3.8) is 0 Å². The number of nitrogens with zero attached hydrogens (tertiary/aromatic N) is 1. The van der Waals surface area contributed by atoms with E-state index in [0.717, 1.165) is 12.0 Å². The van der Waals surface area contributed by atoms with Crippen molar-refractivity contribution >= 4 is 5.97 Å². The van der Waals surface area contributed by atoms with Crippen LogP contribution < -0.4 is 4.74 Å². The smallest absolute Gasteiger partial charge is 0.358 e. The molecule has 0 atom stereocenters. The lowest BCUT2D eigenvalue weighted by molar-refractivity contribution is 0.0686. The van der Waals surface area contributed by atoms with E-state index in [1.807, 2.05) is 0 Å². The molecule has 1 aromatic heterocycles. The lowest BCUT2D eigenvalue weighted by Gasteiger charge is -2.00. The summed E-state index contributed by atoms with van der Waals surface area (Å²) in [6, 6.07) is 1.79. The highest BCUT2D eigenvalue weighted by atomic mass is 16.5. The minimum atomic E-state index is -1.03. The standard InChI is InChI=1S/C8H7NO3/c10-8(11)6-7-5(1-3-9-6)2-4-12-7/h1,3H,2,4H2,(H,10,11). The summed E-state index contributed by atoms with van der Waals surface area (Å²) in [5, 5.41) is 8.71. The number of rotatable bonds is 1. The molecule has 1 aliphatic heterocycles. The summed E-state index contributed by atoms with van der Waals surface area (Å²) in [7, 11) is 0. The molecule has 1 aliphatic rings. The van der Waals surface area contributed by atoms with Crippen molar-refractivity contribution in [2.45, 2.75) is 6.42 Å². The first kappa shape index (κ1) is 7.09. The van der Waals surface area contributed by atoms with Crippen molar-refractivity contribution in [2.24, 2.45) is 0 Å². The Kier molecular flexibility index (Phi) is 1.46. The van der Waals surface area contributed by atoms with Gasteiger partial charge >= 0.3 is 5.97 Å². The van der Waals surface area contributed by atoms with Crippen LogP contribution in [0.5, 0.6) is 5.75 Å².